The van der Waals surface area contributed by atoms with E-state index in [0.717, 1.165) is 5.57 Å². The van der Waals surface area contributed by atoms with Crippen molar-refractivity contribution in [3.8, 4) is 0 Å². The molecule has 0 saturated heterocycles. The maximum Gasteiger partial charge on any atom is 0.171 e. The maximum absolute atomic E-state index is 12.8. The van der Waals surface area contributed by atoms with Gasteiger partial charge in [-0.25, -0.2) is 0 Å². The van der Waals surface area contributed by atoms with Gasteiger partial charge in [-0.15, -0.1) is 0 Å². The molecule has 0 aromatic heterocycles. The summed E-state index contributed by atoms with van der Waals surface area (Å²) in [6.45, 7) is 3.99. The van der Waals surface area contributed by atoms with Crippen molar-refractivity contribution in [2.24, 2.45) is 11.8 Å². The molecule has 0 aliphatic heterocycles. The number of aliphatic hydroxyl groups excluding tert-OH is 1. The molecule has 2 aliphatic rings. The normalized spacial score (nSPS) is 22.3. The molecule has 0 bridgehead atoms. The highest BCUT2D eigenvalue weighted by Gasteiger charge is 2.42. The van der Waals surface area contributed by atoms with Gasteiger partial charge in [0.2, 0.25) is 0 Å². The van der Waals surface area contributed by atoms with E-state index < -0.39 is 11.8 Å². The molecule has 1 aromatic rings. The van der Waals surface area contributed by atoms with Crippen LogP contribution in [0.2, 0.25) is 0 Å². The number of hydrogen-bond acceptors (Lipinski definition) is 4. The molecule has 0 saturated carbocycles. The van der Waals surface area contributed by atoms with Gasteiger partial charge in [0.25, 0.3) is 0 Å². The molecule has 1 N–H and O–H groups in total. The van der Waals surface area contributed by atoms with Gasteiger partial charge >= 0.3 is 0 Å². The molecule has 2 aliphatic carbocycles. The van der Waals surface area contributed by atoms with Crippen molar-refractivity contribution in [2.45, 2.75) is 6.42 Å². The number of carbonyl (C=O) groups excluding carboxylic acids is 2. The second-order valence-corrected chi connectivity index (χ2v) is 5.77. The molecular weight excluding hydrogens is 292 g/mol. The van der Waals surface area contributed by atoms with E-state index in [9.17, 15) is 9.59 Å². The Labute approximate surface area is 134 Å². The van der Waals surface area contributed by atoms with Crippen LogP contribution in [0.4, 0.5) is 0 Å². The SMILES string of the molecule is C=C(O)CCOCC1=CC=CC2C(=O)c3ccccc3C(=O)C12. The predicted molar refractivity (Wildman–Crippen MR) is 86.5 cm³/mol. The number of ketones is 2. The molecule has 4 heteroatoms. The van der Waals surface area contributed by atoms with Crippen LogP contribution >= 0.6 is 0 Å². The molecule has 1 aromatic carbocycles. The van der Waals surface area contributed by atoms with Crippen molar-refractivity contribution >= 4 is 11.6 Å². The number of carbonyl (C=O) groups is 2. The quantitative estimate of drug-likeness (QED) is 0.669. The summed E-state index contributed by atoms with van der Waals surface area (Å²) < 4.78 is 5.52. The average Bonchev–Trinajstić information content (AvgIpc) is 2.56. The zero-order chi connectivity index (χ0) is 16.4. The summed E-state index contributed by atoms with van der Waals surface area (Å²) in [5.41, 5.74) is 1.79. The first-order valence-corrected chi connectivity index (χ1v) is 7.59. The van der Waals surface area contributed by atoms with Gasteiger partial charge in [0.15, 0.2) is 11.6 Å². The van der Waals surface area contributed by atoms with E-state index in [1.54, 1.807) is 30.3 Å². The lowest BCUT2D eigenvalue weighted by Crippen LogP contribution is -2.38. The number of rotatable bonds is 5. The number of benzene rings is 1. The number of hydrogen-bond donors (Lipinski definition) is 1. The van der Waals surface area contributed by atoms with Gasteiger partial charge in [-0.2, -0.15) is 0 Å². The molecule has 4 nitrogen and oxygen atoms in total. The summed E-state index contributed by atoms with van der Waals surface area (Å²) >= 11 is 0. The Hall–Kier alpha value is -2.46. The minimum atomic E-state index is -0.486. The Morgan fingerprint density at radius 2 is 1.87 bits per heavy atom. The number of ether oxygens (including phenoxy) is 1. The van der Waals surface area contributed by atoms with Gasteiger partial charge in [0, 0.05) is 17.5 Å². The second-order valence-electron chi connectivity index (χ2n) is 5.77. The minimum absolute atomic E-state index is 0.0178. The average molecular weight is 310 g/mol. The molecular formula is C19H18O4. The Kier molecular flexibility index (Phi) is 4.26. The van der Waals surface area contributed by atoms with Gasteiger partial charge in [0.1, 0.15) is 0 Å². The first-order valence-electron chi connectivity index (χ1n) is 7.59. The van der Waals surface area contributed by atoms with Crippen LogP contribution in [0.25, 0.3) is 0 Å². The summed E-state index contributed by atoms with van der Waals surface area (Å²) in [6, 6.07) is 6.97. The van der Waals surface area contributed by atoms with Crippen molar-refractivity contribution in [3.05, 3.63) is 71.5 Å². The summed E-state index contributed by atoms with van der Waals surface area (Å²) in [7, 11) is 0. The van der Waals surface area contributed by atoms with Crippen molar-refractivity contribution in [1.29, 1.82) is 0 Å². The van der Waals surface area contributed by atoms with Crippen LogP contribution in [-0.2, 0) is 4.74 Å². The summed E-state index contributed by atoms with van der Waals surface area (Å²) in [4.78, 5) is 25.5. The van der Waals surface area contributed by atoms with E-state index in [0.29, 0.717) is 24.2 Å². The highest BCUT2D eigenvalue weighted by atomic mass is 16.5. The fourth-order valence-corrected chi connectivity index (χ4v) is 3.09. The minimum Gasteiger partial charge on any atom is -0.513 e. The van der Waals surface area contributed by atoms with Crippen LogP contribution in [0.3, 0.4) is 0 Å². The molecule has 0 amide bonds. The molecule has 3 rings (SSSR count). The summed E-state index contributed by atoms with van der Waals surface area (Å²) in [5.74, 6) is -0.918. The van der Waals surface area contributed by atoms with Gasteiger partial charge in [-0.3, -0.25) is 9.59 Å². The topological polar surface area (TPSA) is 63.6 Å². The third-order valence-corrected chi connectivity index (χ3v) is 4.23. The lowest BCUT2D eigenvalue weighted by Gasteiger charge is -2.32. The smallest absolute Gasteiger partial charge is 0.171 e. The van der Waals surface area contributed by atoms with Crippen LogP contribution in [0, 0.1) is 11.8 Å². The van der Waals surface area contributed by atoms with E-state index in [2.05, 4.69) is 6.58 Å². The number of Topliss-reactive ketones (excluding diaryl/α,β-unsaturated/α-hetero) is 2. The van der Waals surface area contributed by atoms with Crippen molar-refractivity contribution in [3.63, 3.8) is 0 Å². The zero-order valence-electron chi connectivity index (χ0n) is 12.7. The summed E-state index contributed by atoms with van der Waals surface area (Å²) in [5, 5.41) is 9.06. The molecule has 2 atom stereocenters. The van der Waals surface area contributed by atoms with Crippen LogP contribution < -0.4 is 0 Å². The lowest BCUT2D eigenvalue weighted by molar-refractivity contribution is 0.0767. The van der Waals surface area contributed by atoms with Crippen LogP contribution in [0.1, 0.15) is 27.1 Å². The first-order chi connectivity index (χ1) is 11.1. The van der Waals surface area contributed by atoms with Gasteiger partial charge in [0.05, 0.1) is 30.8 Å². The largest absolute Gasteiger partial charge is 0.513 e. The fraction of sp³-hybridized carbons (Fsp3) is 0.263. The third kappa shape index (κ3) is 2.90. The second kappa shape index (κ2) is 6.34. The molecule has 0 fully saturated rings. The maximum atomic E-state index is 12.8. The van der Waals surface area contributed by atoms with Crippen LogP contribution in [0.5, 0.6) is 0 Å². The Morgan fingerprint density at radius 1 is 1.17 bits per heavy atom. The number of fused-ring (bicyclic) bond motifs is 2. The van der Waals surface area contributed by atoms with E-state index >= 15 is 0 Å². The Morgan fingerprint density at radius 3 is 2.57 bits per heavy atom. The lowest BCUT2D eigenvalue weighted by atomic mass is 9.69. The van der Waals surface area contributed by atoms with E-state index in [4.69, 9.17) is 9.84 Å². The van der Waals surface area contributed by atoms with Gasteiger partial charge in [-0.05, 0) is 5.57 Å². The summed E-state index contributed by atoms with van der Waals surface area (Å²) in [6.07, 6.45) is 5.80. The monoisotopic (exact) mass is 310 g/mol. The number of aliphatic hydroxyl groups is 1. The molecule has 0 heterocycles. The zero-order valence-corrected chi connectivity index (χ0v) is 12.7. The van der Waals surface area contributed by atoms with Crippen molar-refractivity contribution < 1.29 is 19.4 Å². The van der Waals surface area contributed by atoms with Crippen molar-refractivity contribution in [2.75, 3.05) is 13.2 Å². The Balaban J connectivity index is 1.82. The highest BCUT2D eigenvalue weighted by molar-refractivity contribution is 6.17. The van der Waals surface area contributed by atoms with Crippen LogP contribution in [0.15, 0.2) is 60.4 Å². The third-order valence-electron chi connectivity index (χ3n) is 4.23. The molecule has 2 unspecified atom stereocenters. The van der Waals surface area contributed by atoms with E-state index in [1.165, 1.54) is 0 Å². The Bertz CT molecular complexity index is 727. The van der Waals surface area contributed by atoms with Gasteiger partial charge in [-0.1, -0.05) is 49.1 Å². The number of allylic oxidation sites excluding steroid dienone is 3. The van der Waals surface area contributed by atoms with E-state index in [1.807, 2.05) is 12.2 Å². The standard InChI is InChI=1S/C19H18O4/c1-12(20)9-10-23-11-13-5-4-8-16-17(13)19(22)15-7-3-2-6-14(15)18(16)21/h2-8,16-17,20H,1,9-11H2. The van der Waals surface area contributed by atoms with E-state index in [-0.39, 0.29) is 23.9 Å². The molecule has 0 spiro atoms. The molecule has 23 heavy (non-hydrogen) atoms. The molecule has 0 radical (unpaired) electrons. The van der Waals surface area contributed by atoms with Gasteiger partial charge < -0.3 is 9.84 Å². The van der Waals surface area contributed by atoms with Crippen LogP contribution in [-0.4, -0.2) is 29.9 Å². The fourth-order valence-electron chi connectivity index (χ4n) is 3.09. The first kappa shape index (κ1) is 15.4. The predicted octanol–water partition coefficient (Wildman–Crippen LogP) is 3.27. The highest BCUT2D eigenvalue weighted by Crippen LogP contribution is 2.37. The van der Waals surface area contributed by atoms with Crippen molar-refractivity contribution in [1.82, 2.24) is 0 Å². The molecule has 118 valence electrons.